The molecule has 0 radical (unpaired) electrons. The second-order valence-electron chi connectivity index (χ2n) is 5.00. The molecule has 0 saturated carbocycles. The maximum absolute atomic E-state index is 13.8. The number of rotatable bonds is 4. The Morgan fingerprint density at radius 2 is 1.90 bits per heavy atom. The predicted octanol–water partition coefficient (Wildman–Crippen LogP) is 3.67. The summed E-state index contributed by atoms with van der Waals surface area (Å²) in [7, 11) is 1.60. The third-order valence-corrected chi connectivity index (χ3v) is 3.46. The Labute approximate surface area is 124 Å². The van der Waals surface area contributed by atoms with Crippen molar-refractivity contribution in [2.24, 2.45) is 0 Å². The first-order valence-electron chi connectivity index (χ1n) is 6.86. The van der Waals surface area contributed by atoms with Gasteiger partial charge >= 0.3 is 0 Å². The quantitative estimate of drug-likeness (QED) is 0.900. The summed E-state index contributed by atoms with van der Waals surface area (Å²) in [5.74, 6) is -0.344. The summed E-state index contributed by atoms with van der Waals surface area (Å²) in [6.07, 6.45) is 0. The Kier molecular flexibility index (Phi) is 4.58. The van der Waals surface area contributed by atoms with Crippen LogP contribution in [0.25, 0.3) is 0 Å². The zero-order valence-electron chi connectivity index (χ0n) is 12.4. The van der Waals surface area contributed by atoms with Gasteiger partial charge in [-0.25, -0.2) is 4.39 Å². The zero-order chi connectivity index (χ0) is 15.4. The number of carbonyl (C=O) groups is 1. The van der Waals surface area contributed by atoms with Gasteiger partial charge in [0.2, 0.25) is 0 Å². The molecule has 1 atom stereocenters. The summed E-state index contributed by atoms with van der Waals surface area (Å²) in [5.41, 5.74) is 3.06. The van der Waals surface area contributed by atoms with Crippen LogP contribution in [0.1, 0.15) is 34.5 Å². The summed E-state index contributed by atoms with van der Waals surface area (Å²) >= 11 is 0. The van der Waals surface area contributed by atoms with Gasteiger partial charge in [-0.05, 0) is 43.7 Å². The summed E-state index contributed by atoms with van der Waals surface area (Å²) < 4.78 is 13.8. The molecule has 0 spiro atoms. The van der Waals surface area contributed by atoms with Gasteiger partial charge in [0.15, 0.2) is 0 Å². The highest BCUT2D eigenvalue weighted by molar-refractivity contribution is 5.94. The second-order valence-corrected chi connectivity index (χ2v) is 5.00. The Hall–Kier alpha value is -2.36. The van der Waals surface area contributed by atoms with E-state index in [0.29, 0.717) is 11.1 Å². The van der Waals surface area contributed by atoms with Crippen LogP contribution in [0.2, 0.25) is 0 Å². The number of hydrogen-bond donors (Lipinski definition) is 2. The number of benzene rings is 2. The molecule has 0 saturated heterocycles. The number of aryl methyl sites for hydroxylation is 1. The molecule has 21 heavy (non-hydrogen) atoms. The van der Waals surface area contributed by atoms with Gasteiger partial charge < -0.3 is 10.6 Å². The fourth-order valence-corrected chi connectivity index (χ4v) is 2.25. The van der Waals surface area contributed by atoms with Crippen molar-refractivity contribution in [1.29, 1.82) is 0 Å². The normalized spacial score (nSPS) is 11.8. The van der Waals surface area contributed by atoms with Gasteiger partial charge in [0.1, 0.15) is 5.82 Å². The van der Waals surface area contributed by atoms with Gasteiger partial charge in [-0.1, -0.05) is 18.2 Å². The highest BCUT2D eigenvalue weighted by Crippen LogP contribution is 2.24. The summed E-state index contributed by atoms with van der Waals surface area (Å²) in [6.45, 7) is 3.83. The molecule has 3 nitrogen and oxygen atoms in total. The Balaban J connectivity index is 2.20. The molecule has 0 aliphatic carbocycles. The molecule has 2 rings (SSSR count). The van der Waals surface area contributed by atoms with Crippen molar-refractivity contribution < 1.29 is 9.18 Å². The summed E-state index contributed by atoms with van der Waals surface area (Å²) in [5, 5.41) is 5.87. The Morgan fingerprint density at radius 3 is 2.52 bits per heavy atom. The SMILES string of the molecule is CNC(=O)c1ccc(NC(C)c2ccccc2F)c(C)c1. The molecule has 2 aromatic carbocycles. The highest BCUT2D eigenvalue weighted by atomic mass is 19.1. The molecular weight excluding hydrogens is 267 g/mol. The van der Waals surface area contributed by atoms with Crippen molar-refractivity contribution in [1.82, 2.24) is 5.32 Å². The van der Waals surface area contributed by atoms with E-state index in [1.54, 1.807) is 25.2 Å². The van der Waals surface area contributed by atoms with Crippen molar-refractivity contribution in [2.75, 3.05) is 12.4 Å². The molecule has 0 aliphatic heterocycles. The van der Waals surface area contributed by atoms with Crippen molar-refractivity contribution >= 4 is 11.6 Å². The van der Waals surface area contributed by atoms with Gasteiger partial charge in [0.25, 0.3) is 5.91 Å². The van der Waals surface area contributed by atoms with Gasteiger partial charge in [-0.2, -0.15) is 0 Å². The number of hydrogen-bond acceptors (Lipinski definition) is 2. The van der Waals surface area contributed by atoms with Crippen molar-refractivity contribution in [3.05, 3.63) is 65.0 Å². The Bertz CT molecular complexity index is 655. The lowest BCUT2D eigenvalue weighted by molar-refractivity contribution is 0.0963. The van der Waals surface area contributed by atoms with Gasteiger partial charge in [0, 0.05) is 23.9 Å². The third-order valence-electron chi connectivity index (χ3n) is 3.46. The van der Waals surface area contributed by atoms with Crippen molar-refractivity contribution in [3.8, 4) is 0 Å². The molecule has 0 aromatic heterocycles. The van der Waals surface area contributed by atoms with E-state index in [1.165, 1.54) is 6.07 Å². The van der Waals surface area contributed by atoms with Crippen molar-refractivity contribution in [2.45, 2.75) is 19.9 Å². The number of nitrogens with one attached hydrogen (secondary N) is 2. The molecule has 0 bridgehead atoms. The highest BCUT2D eigenvalue weighted by Gasteiger charge is 2.12. The van der Waals surface area contributed by atoms with E-state index in [4.69, 9.17) is 0 Å². The number of halogens is 1. The fraction of sp³-hybridized carbons (Fsp3) is 0.235. The maximum Gasteiger partial charge on any atom is 0.251 e. The molecule has 2 N–H and O–H groups in total. The van der Waals surface area contributed by atoms with Crippen LogP contribution in [0, 0.1) is 12.7 Å². The lowest BCUT2D eigenvalue weighted by Crippen LogP contribution is -2.18. The largest absolute Gasteiger partial charge is 0.378 e. The molecule has 1 unspecified atom stereocenters. The first-order chi connectivity index (χ1) is 10.0. The minimum Gasteiger partial charge on any atom is -0.378 e. The van der Waals surface area contributed by atoms with Crippen LogP contribution in [-0.4, -0.2) is 13.0 Å². The first kappa shape index (κ1) is 15.0. The van der Waals surface area contributed by atoms with E-state index < -0.39 is 0 Å². The Morgan fingerprint density at radius 1 is 1.19 bits per heavy atom. The van der Waals surface area contributed by atoms with Crippen molar-refractivity contribution in [3.63, 3.8) is 0 Å². The standard InChI is InChI=1S/C17H19FN2O/c1-11-10-13(17(21)19-3)8-9-16(11)20-12(2)14-6-4-5-7-15(14)18/h4-10,12,20H,1-3H3,(H,19,21). The number of anilines is 1. The van der Waals surface area contributed by atoms with E-state index in [9.17, 15) is 9.18 Å². The van der Waals surface area contributed by atoms with E-state index in [-0.39, 0.29) is 17.8 Å². The van der Waals surface area contributed by atoms with Crippen LogP contribution in [0.5, 0.6) is 0 Å². The third kappa shape index (κ3) is 3.40. The molecule has 0 aliphatic rings. The van der Waals surface area contributed by atoms with E-state index in [1.807, 2.05) is 32.0 Å². The molecular formula is C17H19FN2O. The van der Waals surface area contributed by atoms with Crippen LogP contribution in [0.15, 0.2) is 42.5 Å². The van der Waals surface area contributed by atoms with E-state index >= 15 is 0 Å². The van der Waals surface area contributed by atoms with E-state index in [0.717, 1.165) is 11.3 Å². The van der Waals surface area contributed by atoms with E-state index in [2.05, 4.69) is 10.6 Å². The van der Waals surface area contributed by atoms with Gasteiger partial charge in [0.05, 0.1) is 6.04 Å². The molecule has 2 aromatic rings. The summed E-state index contributed by atoms with van der Waals surface area (Å²) in [6, 6.07) is 12.0. The lowest BCUT2D eigenvalue weighted by atomic mass is 10.1. The topological polar surface area (TPSA) is 41.1 Å². The fourth-order valence-electron chi connectivity index (χ4n) is 2.25. The van der Waals surface area contributed by atoms with Crippen LogP contribution in [0.4, 0.5) is 10.1 Å². The van der Waals surface area contributed by atoms with Crippen LogP contribution in [-0.2, 0) is 0 Å². The van der Waals surface area contributed by atoms with Crippen LogP contribution < -0.4 is 10.6 Å². The molecule has 0 fully saturated rings. The lowest BCUT2D eigenvalue weighted by Gasteiger charge is -2.18. The average molecular weight is 286 g/mol. The van der Waals surface area contributed by atoms with Gasteiger partial charge in [-0.15, -0.1) is 0 Å². The summed E-state index contributed by atoms with van der Waals surface area (Å²) in [4.78, 5) is 11.6. The zero-order valence-corrected chi connectivity index (χ0v) is 12.4. The second kappa shape index (κ2) is 6.39. The maximum atomic E-state index is 13.8. The monoisotopic (exact) mass is 286 g/mol. The van der Waals surface area contributed by atoms with Crippen LogP contribution >= 0.6 is 0 Å². The average Bonchev–Trinajstić information content (AvgIpc) is 2.48. The minimum absolute atomic E-state index is 0.119. The van der Waals surface area contributed by atoms with Gasteiger partial charge in [-0.3, -0.25) is 4.79 Å². The predicted molar refractivity (Wildman–Crippen MR) is 83.0 cm³/mol. The molecule has 4 heteroatoms. The first-order valence-corrected chi connectivity index (χ1v) is 6.86. The number of carbonyl (C=O) groups excluding carboxylic acids is 1. The smallest absolute Gasteiger partial charge is 0.251 e. The molecule has 0 heterocycles. The van der Waals surface area contributed by atoms with Crippen LogP contribution in [0.3, 0.4) is 0 Å². The molecule has 1 amide bonds. The number of amides is 1. The minimum atomic E-state index is -0.225. The molecule has 110 valence electrons.